The zero-order chi connectivity index (χ0) is 20.5. The highest BCUT2D eigenvalue weighted by atomic mass is 32.1. The van der Waals surface area contributed by atoms with Gasteiger partial charge < -0.3 is 10.3 Å². The molecule has 5 rings (SSSR count). The molecule has 0 radical (unpaired) electrons. The number of hydrogen-bond donors (Lipinski definition) is 2. The summed E-state index contributed by atoms with van der Waals surface area (Å²) in [5, 5.41) is 4.18. The van der Waals surface area contributed by atoms with Gasteiger partial charge in [0.2, 0.25) is 0 Å². The van der Waals surface area contributed by atoms with E-state index in [1.54, 1.807) is 11.3 Å². The number of hydrogen-bond acceptors (Lipinski definition) is 4. The van der Waals surface area contributed by atoms with Gasteiger partial charge >= 0.3 is 0 Å². The van der Waals surface area contributed by atoms with Crippen molar-refractivity contribution in [2.45, 2.75) is 45.2 Å². The van der Waals surface area contributed by atoms with Crippen molar-refractivity contribution in [1.82, 2.24) is 15.3 Å². The fourth-order valence-corrected chi connectivity index (χ4v) is 5.25. The first-order valence-corrected chi connectivity index (χ1v) is 11.4. The minimum absolute atomic E-state index is 0.0725. The molecule has 30 heavy (non-hydrogen) atoms. The van der Waals surface area contributed by atoms with E-state index in [1.165, 1.54) is 42.4 Å². The van der Waals surface area contributed by atoms with Crippen molar-refractivity contribution in [2.75, 3.05) is 0 Å². The molecular formula is C25H25N3OS. The second-order valence-corrected chi connectivity index (χ2v) is 9.08. The number of nitrogens with one attached hydrogen (secondary N) is 2. The van der Waals surface area contributed by atoms with Gasteiger partial charge in [0.25, 0.3) is 5.56 Å². The molecule has 0 unspecified atom stereocenters. The molecule has 1 atom stereocenters. The SMILES string of the molecule is C[C@H](NCc1nc2sc(-c3ccccc3)cc2c(=O)[nH]1)c1ccc2c(c1)CCCC2. The average Bonchev–Trinajstić information content (AvgIpc) is 3.23. The summed E-state index contributed by atoms with van der Waals surface area (Å²) in [7, 11) is 0. The molecule has 0 saturated carbocycles. The summed E-state index contributed by atoms with van der Waals surface area (Å²) in [5.74, 6) is 0.679. The van der Waals surface area contributed by atoms with Crippen LogP contribution in [0.1, 0.15) is 48.3 Å². The number of aromatic amines is 1. The van der Waals surface area contributed by atoms with Crippen LogP contribution in [0.25, 0.3) is 20.7 Å². The summed E-state index contributed by atoms with van der Waals surface area (Å²) in [6, 6.07) is 19.1. The van der Waals surface area contributed by atoms with Crippen molar-refractivity contribution >= 4 is 21.6 Å². The summed E-state index contributed by atoms with van der Waals surface area (Å²) >= 11 is 1.57. The topological polar surface area (TPSA) is 57.8 Å². The molecule has 2 aromatic heterocycles. The number of aryl methyl sites for hydroxylation is 2. The van der Waals surface area contributed by atoms with Crippen LogP contribution in [0, 0.1) is 0 Å². The molecular weight excluding hydrogens is 390 g/mol. The monoisotopic (exact) mass is 415 g/mol. The Kier molecular flexibility index (Phi) is 5.23. The molecule has 0 spiro atoms. The van der Waals surface area contributed by atoms with Crippen LogP contribution >= 0.6 is 11.3 Å². The van der Waals surface area contributed by atoms with Crippen molar-refractivity contribution in [3.63, 3.8) is 0 Å². The lowest BCUT2D eigenvalue weighted by Crippen LogP contribution is -2.22. The lowest BCUT2D eigenvalue weighted by Gasteiger charge is -2.20. The molecule has 2 aromatic carbocycles. The highest BCUT2D eigenvalue weighted by molar-refractivity contribution is 7.21. The van der Waals surface area contributed by atoms with Crippen LogP contribution in [-0.4, -0.2) is 9.97 Å². The molecule has 0 fully saturated rings. The minimum Gasteiger partial charge on any atom is -0.309 e. The van der Waals surface area contributed by atoms with Crippen LogP contribution in [0.3, 0.4) is 0 Å². The van der Waals surface area contributed by atoms with Gasteiger partial charge in [-0.05, 0) is 60.9 Å². The number of H-pyrrole nitrogens is 1. The molecule has 0 saturated heterocycles. The van der Waals surface area contributed by atoms with Crippen molar-refractivity contribution < 1.29 is 0 Å². The molecule has 4 aromatic rings. The number of thiophene rings is 1. The first-order valence-electron chi connectivity index (χ1n) is 10.6. The molecule has 5 heteroatoms. The van der Waals surface area contributed by atoms with Crippen molar-refractivity contribution in [3.8, 4) is 10.4 Å². The van der Waals surface area contributed by atoms with Gasteiger partial charge in [0.05, 0.1) is 11.9 Å². The standard InChI is InChI=1S/C25H25N3OS/c1-16(19-12-11-17-7-5-6-10-20(17)13-19)26-15-23-27-24(29)21-14-22(30-25(21)28-23)18-8-3-2-4-9-18/h2-4,8-9,11-14,16,26H,5-7,10,15H2,1H3,(H,27,28,29)/t16-/m0/s1. The predicted molar refractivity (Wildman–Crippen MR) is 124 cm³/mol. The number of aromatic nitrogens is 2. The Morgan fingerprint density at radius 3 is 2.70 bits per heavy atom. The molecule has 0 amide bonds. The fraction of sp³-hybridized carbons (Fsp3) is 0.280. The zero-order valence-corrected chi connectivity index (χ0v) is 17.9. The van der Waals surface area contributed by atoms with Crippen molar-refractivity contribution in [3.05, 3.63) is 87.5 Å². The quantitative estimate of drug-likeness (QED) is 0.460. The Balaban J connectivity index is 1.34. The van der Waals surface area contributed by atoms with Crippen LogP contribution in [0.4, 0.5) is 0 Å². The first kappa shape index (κ1) is 19.2. The van der Waals surface area contributed by atoms with E-state index >= 15 is 0 Å². The van der Waals surface area contributed by atoms with E-state index in [1.807, 2.05) is 24.3 Å². The normalized spacial score (nSPS) is 14.6. The van der Waals surface area contributed by atoms with E-state index in [2.05, 4.69) is 47.6 Å². The average molecular weight is 416 g/mol. The van der Waals surface area contributed by atoms with Gasteiger partial charge in [0, 0.05) is 10.9 Å². The van der Waals surface area contributed by atoms with Gasteiger partial charge in [-0.25, -0.2) is 4.98 Å². The Labute approximate surface area is 180 Å². The summed E-state index contributed by atoms with van der Waals surface area (Å²) in [6.45, 7) is 2.70. The lowest BCUT2D eigenvalue weighted by atomic mass is 9.89. The van der Waals surface area contributed by atoms with Crippen LogP contribution < -0.4 is 10.9 Å². The van der Waals surface area contributed by atoms with Gasteiger partial charge in [-0.2, -0.15) is 0 Å². The fourth-order valence-electron chi connectivity index (χ4n) is 4.19. The number of rotatable bonds is 5. The number of nitrogens with zero attached hydrogens (tertiary/aromatic N) is 1. The zero-order valence-electron chi connectivity index (χ0n) is 17.1. The van der Waals surface area contributed by atoms with Crippen LogP contribution in [-0.2, 0) is 19.4 Å². The third-order valence-corrected chi connectivity index (χ3v) is 7.04. The second-order valence-electron chi connectivity index (χ2n) is 8.05. The maximum Gasteiger partial charge on any atom is 0.259 e. The van der Waals surface area contributed by atoms with Gasteiger partial charge in [0.15, 0.2) is 0 Å². The van der Waals surface area contributed by atoms with E-state index in [9.17, 15) is 4.79 Å². The molecule has 152 valence electrons. The lowest BCUT2D eigenvalue weighted by molar-refractivity contribution is 0.558. The van der Waals surface area contributed by atoms with Gasteiger partial charge in [-0.1, -0.05) is 48.5 Å². The van der Waals surface area contributed by atoms with Crippen molar-refractivity contribution in [1.29, 1.82) is 0 Å². The van der Waals surface area contributed by atoms with E-state index in [4.69, 9.17) is 4.98 Å². The maximum atomic E-state index is 12.6. The van der Waals surface area contributed by atoms with E-state index in [0.717, 1.165) is 15.3 Å². The van der Waals surface area contributed by atoms with E-state index < -0.39 is 0 Å². The molecule has 1 aliphatic rings. The Morgan fingerprint density at radius 1 is 1.07 bits per heavy atom. The third kappa shape index (κ3) is 3.83. The highest BCUT2D eigenvalue weighted by Gasteiger charge is 2.14. The van der Waals surface area contributed by atoms with Gasteiger partial charge in [0.1, 0.15) is 10.7 Å². The minimum atomic E-state index is -0.0725. The van der Waals surface area contributed by atoms with Crippen LogP contribution in [0.5, 0.6) is 0 Å². The Morgan fingerprint density at radius 2 is 1.87 bits per heavy atom. The van der Waals surface area contributed by atoms with E-state index in [0.29, 0.717) is 17.8 Å². The smallest absolute Gasteiger partial charge is 0.259 e. The Bertz CT molecular complexity index is 1240. The summed E-state index contributed by atoms with van der Waals surface area (Å²) < 4.78 is 0. The maximum absolute atomic E-state index is 12.6. The number of fused-ring (bicyclic) bond motifs is 2. The molecule has 0 aliphatic heterocycles. The molecule has 2 N–H and O–H groups in total. The van der Waals surface area contributed by atoms with Gasteiger partial charge in [-0.15, -0.1) is 11.3 Å². The largest absolute Gasteiger partial charge is 0.309 e. The second kappa shape index (κ2) is 8.17. The molecule has 2 heterocycles. The summed E-state index contributed by atoms with van der Waals surface area (Å²) in [6.07, 6.45) is 4.98. The summed E-state index contributed by atoms with van der Waals surface area (Å²) in [4.78, 5) is 22.1. The Hall–Kier alpha value is -2.76. The van der Waals surface area contributed by atoms with Crippen LogP contribution in [0.2, 0.25) is 0 Å². The highest BCUT2D eigenvalue weighted by Crippen LogP contribution is 2.30. The summed E-state index contributed by atoms with van der Waals surface area (Å²) in [5.41, 5.74) is 5.33. The third-order valence-electron chi connectivity index (χ3n) is 5.96. The molecule has 0 bridgehead atoms. The van der Waals surface area contributed by atoms with Crippen molar-refractivity contribution in [2.24, 2.45) is 0 Å². The van der Waals surface area contributed by atoms with E-state index in [-0.39, 0.29) is 11.6 Å². The first-order chi connectivity index (χ1) is 14.7. The number of benzene rings is 2. The van der Waals surface area contributed by atoms with Gasteiger partial charge in [-0.3, -0.25) is 4.79 Å². The predicted octanol–water partition coefficient (Wildman–Crippen LogP) is 5.38. The van der Waals surface area contributed by atoms with Crippen LogP contribution in [0.15, 0.2) is 59.4 Å². The molecule has 4 nitrogen and oxygen atoms in total. The molecule has 1 aliphatic carbocycles.